The van der Waals surface area contributed by atoms with Gasteiger partial charge in [0.15, 0.2) is 0 Å². The Balaban J connectivity index is 0.00000112. The largest absolute Gasteiger partial charge is 0.388 e. The Morgan fingerprint density at radius 1 is 1.20 bits per heavy atom. The fourth-order valence-corrected chi connectivity index (χ4v) is 1.42. The third-order valence-electron chi connectivity index (χ3n) is 2.14. The normalized spacial score (nSPS) is 9.67. The molecule has 0 unspecified atom stereocenters. The molecular formula is C11H13ClN2O. The Morgan fingerprint density at radius 2 is 1.93 bits per heavy atom. The van der Waals surface area contributed by atoms with Crippen LogP contribution in [0.5, 0.6) is 0 Å². The van der Waals surface area contributed by atoms with E-state index in [-0.39, 0.29) is 19.0 Å². The van der Waals surface area contributed by atoms with E-state index in [4.69, 9.17) is 5.11 Å². The number of imidazole rings is 1. The van der Waals surface area contributed by atoms with Gasteiger partial charge >= 0.3 is 0 Å². The monoisotopic (exact) mass is 224 g/mol. The first-order chi connectivity index (χ1) is 6.90. The highest BCUT2D eigenvalue weighted by Crippen LogP contribution is 2.04. The topological polar surface area (TPSA) is 38.1 Å². The number of aromatic nitrogens is 2. The number of aliphatic hydroxyl groups is 1. The standard InChI is InChI=1S/C11H12N2O.ClH/c14-9-11-12-6-7-13(11)8-10-4-2-1-3-5-10;/h1-7,14H,8-9H2;1H. The third-order valence-corrected chi connectivity index (χ3v) is 2.14. The molecule has 0 radical (unpaired) electrons. The van der Waals surface area contributed by atoms with Crippen LogP contribution in [0, 0.1) is 0 Å². The minimum Gasteiger partial charge on any atom is -0.388 e. The van der Waals surface area contributed by atoms with Crippen LogP contribution >= 0.6 is 12.4 Å². The van der Waals surface area contributed by atoms with Crippen LogP contribution in [0.25, 0.3) is 0 Å². The van der Waals surface area contributed by atoms with Crippen molar-refractivity contribution in [3.63, 3.8) is 0 Å². The van der Waals surface area contributed by atoms with Crippen LogP contribution in [-0.2, 0) is 13.2 Å². The Bertz CT molecular complexity index is 400. The Labute approximate surface area is 94.8 Å². The molecule has 4 heteroatoms. The maximum absolute atomic E-state index is 9.00. The van der Waals surface area contributed by atoms with Gasteiger partial charge in [0.1, 0.15) is 12.4 Å². The smallest absolute Gasteiger partial charge is 0.134 e. The van der Waals surface area contributed by atoms with Crippen LogP contribution in [0.2, 0.25) is 0 Å². The van der Waals surface area contributed by atoms with Crippen LogP contribution in [0.15, 0.2) is 42.7 Å². The highest BCUT2D eigenvalue weighted by Gasteiger charge is 2.00. The third kappa shape index (κ3) is 2.81. The highest BCUT2D eigenvalue weighted by atomic mass is 35.5. The van der Waals surface area contributed by atoms with Crippen LogP contribution in [-0.4, -0.2) is 14.7 Å². The summed E-state index contributed by atoms with van der Waals surface area (Å²) in [5, 5.41) is 9.00. The fourth-order valence-electron chi connectivity index (χ4n) is 1.42. The molecule has 80 valence electrons. The van der Waals surface area contributed by atoms with Crippen LogP contribution < -0.4 is 0 Å². The summed E-state index contributed by atoms with van der Waals surface area (Å²) in [5.74, 6) is 0.703. The molecule has 0 fully saturated rings. The van der Waals surface area contributed by atoms with Crippen molar-refractivity contribution in [3.8, 4) is 0 Å². The van der Waals surface area contributed by atoms with Crippen LogP contribution in [0.4, 0.5) is 0 Å². The zero-order chi connectivity index (χ0) is 9.80. The molecule has 1 aromatic carbocycles. The van der Waals surface area contributed by atoms with Crippen LogP contribution in [0.3, 0.4) is 0 Å². The summed E-state index contributed by atoms with van der Waals surface area (Å²) in [5.41, 5.74) is 1.21. The van der Waals surface area contributed by atoms with Crippen molar-refractivity contribution >= 4 is 12.4 Å². The summed E-state index contributed by atoms with van der Waals surface area (Å²) < 4.78 is 1.94. The summed E-state index contributed by atoms with van der Waals surface area (Å²) in [6.07, 6.45) is 3.58. The van der Waals surface area contributed by atoms with Crippen molar-refractivity contribution in [1.82, 2.24) is 9.55 Å². The molecule has 0 aliphatic heterocycles. The van der Waals surface area contributed by atoms with Gasteiger partial charge in [-0.3, -0.25) is 0 Å². The minimum atomic E-state index is -0.0141. The summed E-state index contributed by atoms with van der Waals surface area (Å²) in [7, 11) is 0. The first-order valence-corrected chi connectivity index (χ1v) is 4.55. The van der Waals surface area contributed by atoms with E-state index in [9.17, 15) is 0 Å². The van der Waals surface area contributed by atoms with Gasteiger partial charge in [0.2, 0.25) is 0 Å². The molecule has 0 amide bonds. The van der Waals surface area contributed by atoms with Gasteiger partial charge in [-0.25, -0.2) is 4.98 Å². The van der Waals surface area contributed by atoms with Crippen molar-refractivity contribution in [2.24, 2.45) is 0 Å². The molecule has 0 spiro atoms. The molecule has 0 aliphatic carbocycles. The number of benzene rings is 1. The maximum atomic E-state index is 9.00. The van der Waals surface area contributed by atoms with Crippen molar-refractivity contribution in [2.75, 3.05) is 0 Å². The molecule has 0 bridgehead atoms. The van der Waals surface area contributed by atoms with E-state index in [0.717, 1.165) is 6.54 Å². The zero-order valence-corrected chi connectivity index (χ0v) is 9.02. The zero-order valence-electron chi connectivity index (χ0n) is 8.21. The van der Waals surface area contributed by atoms with E-state index in [1.54, 1.807) is 6.20 Å². The number of hydrogen-bond donors (Lipinski definition) is 1. The predicted molar refractivity (Wildman–Crippen MR) is 60.9 cm³/mol. The van der Waals surface area contributed by atoms with E-state index in [1.165, 1.54) is 5.56 Å². The number of rotatable bonds is 3. The molecule has 15 heavy (non-hydrogen) atoms. The van der Waals surface area contributed by atoms with E-state index in [0.29, 0.717) is 5.82 Å². The van der Waals surface area contributed by atoms with Crippen molar-refractivity contribution < 1.29 is 5.11 Å². The van der Waals surface area contributed by atoms with Crippen molar-refractivity contribution in [1.29, 1.82) is 0 Å². The SMILES string of the molecule is Cl.OCc1nccn1Cc1ccccc1. The molecule has 0 saturated carbocycles. The molecule has 3 nitrogen and oxygen atoms in total. The van der Waals surface area contributed by atoms with Gasteiger partial charge < -0.3 is 9.67 Å². The average Bonchev–Trinajstić information content (AvgIpc) is 2.67. The first-order valence-electron chi connectivity index (χ1n) is 4.55. The Hall–Kier alpha value is -1.32. The lowest BCUT2D eigenvalue weighted by Gasteiger charge is -2.05. The van der Waals surface area contributed by atoms with E-state index < -0.39 is 0 Å². The molecule has 0 saturated heterocycles. The number of aliphatic hydroxyl groups excluding tert-OH is 1. The van der Waals surface area contributed by atoms with Gasteiger partial charge in [0.25, 0.3) is 0 Å². The maximum Gasteiger partial charge on any atom is 0.134 e. The molecule has 1 heterocycles. The van der Waals surface area contributed by atoms with E-state index >= 15 is 0 Å². The number of halogens is 1. The van der Waals surface area contributed by atoms with Gasteiger partial charge in [0, 0.05) is 18.9 Å². The second-order valence-electron chi connectivity index (χ2n) is 3.12. The summed E-state index contributed by atoms with van der Waals surface area (Å²) in [6.45, 7) is 0.747. The molecule has 2 aromatic rings. The predicted octanol–water partition coefficient (Wildman–Crippen LogP) is 1.85. The molecular weight excluding hydrogens is 212 g/mol. The first kappa shape index (κ1) is 11.8. The summed E-state index contributed by atoms with van der Waals surface area (Å²) in [4.78, 5) is 4.04. The van der Waals surface area contributed by atoms with Gasteiger partial charge in [-0.1, -0.05) is 30.3 Å². The van der Waals surface area contributed by atoms with Gasteiger partial charge in [-0.2, -0.15) is 0 Å². The Morgan fingerprint density at radius 3 is 2.60 bits per heavy atom. The molecule has 2 rings (SSSR count). The quantitative estimate of drug-likeness (QED) is 0.864. The van der Waals surface area contributed by atoms with Crippen molar-refractivity contribution in [3.05, 3.63) is 54.1 Å². The van der Waals surface area contributed by atoms with Gasteiger partial charge in [-0.15, -0.1) is 12.4 Å². The summed E-state index contributed by atoms with van der Waals surface area (Å²) in [6, 6.07) is 10.1. The lowest BCUT2D eigenvalue weighted by atomic mass is 10.2. The van der Waals surface area contributed by atoms with Crippen LogP contribution in [0.1, 0.15) is 11.4 Å². The van der Waals surface area contributed by atoms with E-state index in [2.05, 4.69) is 17.1 Å². The fraction of sp³-hybridized carbons (Fsp3) is 0.182. The average molecular weight is 225 g/mol. The summed E-state index contributed by atoms with van der Waals surface area (Å²) >= 11 is 0. The van der Waals surface area contributed by atoms with Gasteiger partial charge in [0.05, 0.1) is 0 Å². The van der Waals surface area contributed by atoms with Gasteiger partial charge in [-0.05, 0) is 5.56 Å². The Kier molecular flexibility index (Phi) is 4.34. The minimum absolute atomic E-state index is 0. The highest BCUT2D eigenvalue weighted by molar-refractivity contribution is 5.85. The number of nitrogens with zero attached hydrogens (tertiary/aromatic N) is 2. The van der Waals surface area contributed by atoms with E-state index in [1.807, 2.05) is 29.0 Å². The second kappa shape index (κ2) is 5.53. The molecule has 1 aromatic heterocycles. The lowest BCUT2D eigenvalue weighted by Crippen LogP contribution is -2.03. The second-order valence-corrected chi connectivity index (χ2v) is 3.12. The molecule has 1 N–H and O–H groups in total. The molecule has 0 aliphatic rings. The number of hydrogen-bond acceptors (Lipinski definition) is 2. The van der Waals surface area contributed by atoms with Crippen molar-refractivity contribution in [2.45, 2.75) is 13.2 Å². The lowest BCUT2D eigenvalue weighted by molar-refractivity contribution is 0.266. The molecule has 0 atom stereocenters.